The minimum absolute atomic E-state index is 0.0539. The van der Waals surface area contributed by atoms with Crippen molar-refractivity contribution in [2.75, 3.05) is 12.3 Å². The molecule has 0 aliphatic rings. The van der Waals surface area contributed by atoms with Crippen LogP contribution in [0.2, 0.25) is 0 Å². The number of aliphatic hydroxyl groups is 1. The molecular weight excluding hydrogens is 226 g/mol. The summed E-state index contributed by atoms with van der Waals surface area (Å²) in [6.45, 7) is 0.0539. The van der Waals surface area contributed by atoms with Gasteiger partial charge in [-0.1, -0.05) is 0 Å². The third kappa shape index (κ3) is 4.07. The second-order valence-electron chi connectivity index (χ2n) is 3.38. The van der Waals surface area contributed by atoms with Crippen molar-refractivity contribution in [3.8, 4) is 0 Å². The van der Waals surface area contributed by atoms with E-state index in [1.165, 1.54) is 18.3 Å². The van der Waals surface area contributed by atoms with Crippen LogP contribution in [0, 0.1) is 0 Å². The number of carboxylic acids is 1. The number of aliphatic carboxylic acids is 1. The maximum Gasteiger partial charge on any atom is 0.332 e. The van der Waals surface area contributed by atoms with Crippen LogP contribution in [-0.2, 0) is 4.79 Å². The Morgan fingerprint density at radius 3 is 2.71 bits per heavy atom. The Morgan fingerprint density at radius 2 is 2.18 bits per heavy atom. The van der Waals surface area contributed by atoms with Crippen molar-refractivity contribution in [3.05, 3.63) is 24.0 Å². The van der Waals surface area contributed by atoms with Crippen molar-refractivity contribution in [1.82, 2.24) is 10.3 Å². The number of amides is 1. The van der Waals surface area contributed by atoms with Gasteiger partial charge in [-0.05, 0) is 12.1 Å². The molecule has 17 heavy (non-hydrogen) atoms. The third-order valence-corrected chi connectivity index (χ3v) is 2.01. The van der Waals surface area contributed by atoms with E-state index in [0.717, 1.165) is 0 Å². The molecule has 7 heteroatoms. The highest BCUT2D eigenvalue weighted by Crippen LogP contribution is 2.00. The Hall–Kier alpha value is -2.15. The van der Waals surface area contributed by atoms with Gasteiger partial charge in [0.25, 0.3) is 5.91 Å². The molecule has 0 spiro atoms. The Balaban J connectivity index is 2.40. The number of carbonyl (C=O) groups is 2. The Kier molecular flexibility index (Phi) is 4.41. The number of aromatic nitrogens is 1. The van der Waals surface area contributed by atoms with Gasteiger partial charge in [0.1, 0.15) is 5.69 Å². The zero-order chi connectivity index (χ0) is 12.8. The van der Waals surface area contributed by atoms with E-state index in [9.17, 15) is 9.59 Å². The maximum atomic E-state index is 11.5. The fourth-order valence-electron chi connectivity index (χ4n) is 1.08. The standard InChI is InChI=1S/C10H13N3O4/c11-6-1-2-7(13-5-6)9(15)12-4-3-8(14)10(16)17/h1-2,5,8,14H,3-4,11H2,(H,12,15)(H,16,17)/t8-/m0/s1. The quantitative estimate of drug-likeness (QED) is 0.534. The second-order valence-corrected chi connectivity index (χ2v) is 3.38. The molecule has 1 aromatic rings. The van der Waals surface area contributed by atoms with E-state index in [2.05, 4.69) is 10.3 Å². The summed E-state index contributed by atoms with van der Waals surface area (Å²) in [5.41, 5.74) is 6.04. The minimum Gasteiger partial charge on any atom is -0.479 e. The molecule has 0 unspecified atom stereocenters. The summed E-state index contributed by atoms with van der Waals surface area (Å²) >= 11 is 0. The van der Waals surface area contributed by atoms with Crippen LogP contribution in [0.3, 0.4) is 0 Å². The average Bonchev–Trinajstić information content (AvgIpc) is 2.29. The summed E-state index contributed by atoms with van der Waals surface area (Å²) in [7, 11) is 0. The van der Waals surface area contributed by atoms with Gasteiger partial charge in [0.15, 0.2) is 6.10 Å². The van der Waals surface area contributed by atoms with Crippen LogP contribution >= 0.6 is 0 Å². The number of aliphatic hydroxyl groups excluding tert-OH is 1. The van der Waals surface area contributed by atoms with E-state index >= 15 is 0 Å². The summed E-state index contributed by atoms with van der Waals surface area (Å²) in [4.78, 5) is 25.6. The average molecular weight is 239 g/mol. The van der Waals surface area contributed by atoms with E-state index in [4.69, 9.17) is 15.9 Å². The molecular formula is C10H13N3O4. The molecule has 0 aliphatic carbocycles. The molecule has 1 aromatic heterocycles. The molecule has 7 nitrogen and oxygen atoms in total. The lowest BCUT2D eigenvalue weighted by atomic mass is 10.2. The van der Waals surface area contributed by atoms with Crippen molar-refractivity contribution in [1.29, 1.82) is 0 Å². The van der Waals surface area contributed by atoms with Crippen LogP contribution < -0.4 is 11.1 Å². The van der Waals surface area contributed by atoms with Gasteiger partial charge in [-0.15, -0.1) is 0 Å². The van der Waals surface area contributed by atoms with Crippen molar-refractivity contribution in [2.24, 2.45) is 0 Å². The van der Waals surface area contributed by atoms with Crippen LogP contribution in [0.4, 0.5) is 5.69 Å². The van der Waals surface area contributed by atoms with Crippen LogP contribution in [0.5, 0.6) is 0 Å². The molecule has 0 saturated carbocycles. The smallest absolute Gasteiger partial charge is 0.332 e. The SMILES string of the molecule is Nc1ccc(C(=O)NCC[C@H](O)C(=O)O)nc1. The highest BCUT2D eigenvalue weighted by Gasteiger charge is 2.13. The third-order valence-electron chi connectivity index (χ3n) is 2.01. The number of rotatable bonds is 5. The topological polar surface area (TPSA) is 126 Å². The zero-order valence-corrected chi connectivity index (χ0v) is 8.96. The van der Waals surface area contributed by atoms with Gasteiger partial charge in [-0.3, -0.25) is 4.79 Å². The van der Waals surface area contributed by atoms with Crippen LogP contribution in [0.1, 0.15) is 16.9 Å². The van der Waals surface area contributed by atoms with E-state index in [-0.39, 0.29) is 18.7 Å². The first-order valence-corrected chi connectivity index (χ1v) is 4.91. The Labute approximate surface area is 97.3 Å². The zero-order valence-electron chi connectivity index (χ0n) is 8.96. The van der Waals surface area contributed by atoms with Gasteiger partial charge in [-0.2, -0.15) is 0 Å². The molecule has 0 radical (unpaired) electrons. The summed E-state index contributed by atoms with van der Waals surface area (Å²) < 4.78 is 0. The predicted octanol–water partition coefficient (Wildman–Crippen LogP) is -0.771. The molecule has 92 valence electrons. The summed E-state index contributed by atoms with van der Waals surface area (Å²) in [5.74, 6) is -1.76. The molecule has 1 atom stereocenters. The lowest BCUT2D eigenvalue weighted by Gasteiger charge is -2.06. The fourth-order valence-corrected chi connectivity index (χ4v) is 1.08. The number of nitrogens with two attached hydrogens (primary N) is 1. The highest BCUT2D eigenvalue weighted by atomic mass is 16.4. The number of pyridine rings is 1. The van der Waals surface area contributed by atoms with Crippen LogP contribution in [0.15, 0.2) is 18.3 Å². The summed E-state index contributed by atoms with van der Waals surface area (Å²) in [5, 5.41) is 19.8. The minimum atomic E-state index is -1.48. The predicted molar refractivity (Wildman–Crippen MR) is 59.2 cm³/mol. The molecule has 1 heterocycles. The molecule has 5 N–H and O–H groups in total. The normalized spacial score (nSPS) is 11.8. The Bertz CT molecular complexity index is 405. The number of hydrogen-bond acceptors (Lipinski definition) is 5. The molecule has 0 aliphatic heterocycles. The lowest BCUT2D eigenvalue weighted by molar-refractivity contribution is -0.146. The molecule has 0 bridgehead atoms. The fraction of sp³-hybridized carbons (Fsp3) is 0.300. The largest absolute Gasteiger partial charge is 0.479 e. The number of carboxylic acid groups (broad SMARTS) is 1. The molecule has 0 saturated heterocycles. The van der Waals surface area contributed by atoms with Crippen molar-refractivity contribution >= 4 is 17.6 Å². The molecule has 1 amide bonds. The number of nitrogens with one attached hydrogen (secondary N) is 1. The van der Waals surface area contributed by atoms with Gasteiger partial charge in [0.2, 0.25) is 0 Å². The number of carbonyl (C=O) groups excluding carboxylic acids is 1. The maximum absolute atomic E-state index is 11.5. The monoisotopic (exact) mass is 239 g/mol. The van der Waals surface area contributed by atoms with Gasteiger partial charge in [0.05, 0.1) is 11.9 Å². The van der Waals surface area contributed by atoms with Crippen molar-refractivity contribution < 1.29 is 19.8 Å². The first-order valence-electron chi connectivity index (χ1n) is 4.91. The summed E-state index contributed by atoms with van der Waals surface area (Å²) in [6.07, 6.45) is -0.188. The first kappa shape index (κ1) is 12.9. The molecule has 0 fully saturated rings. The Morgan fingerprint density at radius 1 is 1.47 bits per heavy atom. The van der Waals surface area contributed by atoms with Crippen molar-refractivity contribution in [3.63, 3.8) is 0 Å². The number of hydrogen-bond donors (Lipinski definition) is 4. The summed E-state index contributed by atoms with van der Waals surface area (Å²) in [6, 6.07) is 2.99. The van der Waals surface area contributed by atoms with Gasteiger partial charge in [-0.25, -0.2) is 9.78 Å². The highest BCUT2D eigenvalue weighted by molar-refractivity contribution is 5.92. The van der Waals surface area contributed by atoms with Crippen LogP contribution in [-0.4, -0.2) is 39.7 Å². The van der Waals surface area contributed by atoms with Gasteiger partial charge < -0.3 is 21.3 Å². The van der Waals surface area contributed by atoms with Crippen LogP contribution in [0.25, 0.3) is 0 Å². The lowest BCUT2D eigenvalue weighted by Crippen LogP contribution is -2.30. The van der Waals surface area contributed by atoms with E-state index in [1.54, 1.807) is 0 Å². The van der Waals surface area contributed by atoms with Crippen molar-refractivity contribution in [2.45, 2.75) is 12.5 Å². The van der Waals surface area contributed by atoms with E-state index < -0.39 is 18.0 Å². The van der Waals surface area contributed by atoms with Gasteiger partial charge >= 0.3 is 5.97 Å². The van der Waals surface area contributed by atoms with E-state index in [1.807, 2.05) is 0 Å². The number of anilines is 1. The van der Waals surface area contributed by atoms with E-state index in [0.29, 0.717) is 5.69 Å². The number of nitrogens with zero attached hydrogens (tertiary/aromatic N) is 1. The van der Waals surface area contributed by atoms with Gasteiger partial charge in [0, 0.05) is 13.0 Å². The molecule has 1 rings (SSSR count). The second kappa shape index (κ2) is 5.80. The number of nitrogen functional groups attached to an aromatic ring is 1. The first-order chi connectivity index (χ1) is 8.00. The molecule has 0 aromatic carbocycles.